The van der Waals surface area contributed by atoms with E-state index in [2.05, 4.69) is 41.5 Å². The monoisotopic (exact) mass is 169 g/mol. The molecule has 0 bridgehead atoms. The first kappa shape index (κ1) is 12.0. The SMILES string of the molecule is [CH2]C(C)C(C)(CC)CCC(C)C. The van der Waals surface area contributed by atoms with Gasteiger partial charge in [-0.3, -0.25) is 0 Å². The van der Waals surface area contributed by atoms with Crippen LogP contribution < -0.4 is 0 Å². The first-order chi connectivity index (χ1) is 5.42. The van der Waals surface area contributed by atoms with E-state index in [4.69, 9.17) is 0 Å². The molecule has 0 nitrogen and oxygen atoms in total. The Hall–Kier alpha value is 0. The fourth-order valence-corrected chi connectivity index (χ4v) is 1.39. The lowest BCUT2D eigenvalue weighted by molar-refractivity contribution is 0.195. The molecule has 0 aromatic heterocycles. The molecule has 2 atom stereocenters. The first-order valence-electron chi connectivity index (χ1n) is 5.25. The lowest BCUT2D eigenvalue weighted by Crippen LogP contribution is -2.23. The largest absolute Gasteiger partial charge is 0.0649 e. The number of hydrogen-bond acceptors (Lipinski definition) is 0. The molecule has 0 aromatic carbocycles. The Morgan fingerprint density at radius 1 is 1.25 bits per heavy atom. The molecule has 0 saturated carbocycles. The van der Waals surface area contributed by atoms with Crippen LogP contribution in [-0.4, -0.2) is 0 Å². The molecular formula is C12H25. The van der Waals surface area contributed by atoms with Gasteiger partial charge in [-0.15, -0.1) is 0 Å². The summed E-state index contributed by atoms with van der Waals surface area (Å²) >= 11 is 0. The predicted octanol–water partition coefficient (Wildman–Crippen LogP) is 4.31. The summed E-state index contributed by atoms with van der Waals surface area (Å²) in [7, 11) is 0. The minimum Gasteiger partial charge on any atom is -0.0649 e. The highest BCUT2D eigenvalue weighted by molar-refractivity contribution is 4.80. The van der Waals surface area contributed by atoms with Crippen LogP contribution in [0, 0.1) is 24.2 Å². The maximum absolute atomic E-state index is 4.16. The van der Waals surface area contributed by atoms with E-state index in [0.717, 1.165) is 5.92 Å². The molecule has 0 heterocycles. The third kappa shape index (κ3) is 3.60. The lowest BCUT2D eigenvalue weighted by atomic mass is 9.72. The second kappa shape index (κ2) is 4.89. The Balaban J connectivity index is 3.97. The average Bonchev–Trinajstić information content (AvgIpc) is 1.99. The Labute approximate surface area is 78.8 Å². The molecule has 1 radical (unpaired) electrons. The van der Waals surface area contributed by atoms with E-state index in [1.807, 2.05) is 0 Å². The van der Waals surface area contributed by atoms with Gasteiger partial charge in [0, 0.05) is 0 Å². The lowest BCUT2D eigenvalue weighted by Gasteiger charge is -2.33. The molecule has 0 spiro atoms. The molecule has 0 aliphatic rings. The zero-order valence-electron chi connectivity index (χ0n) is 9.48. The van der Waals surface area contributed by atoms with Crippen LogP contribution in [0.2, 0.25) is 0 Å². The molecule has 73 valence electrons. The summed E-state index contributed by atoms with van der Waals surface area (Å²) < 4.78 is 0. The zero-order chi connectivity index (χ0) is 9.78. The second-order valence-corrected chi connectivity index (χ2v) is 4.84. The van der Waals surface area contributed by atoms with Crippen LogP contribution in [0.25, 0.3) is 0 Å². The van der Waals surface area contributed by atoms with Crippen molar-refractivity contribution in [3.63, 3.8) is 0 Å². The van der Waals surface area contributed by atoms with Crippen molar-refractivity contribution in [1.82, 2.24) is 0 Å². The third-order valence-electron chi connectivity index (χ3n) is 3.29. The van der Waals surface area contributed by atoms with E-state index in [9.17, 15) is 0 Å². The minimum atomic E-state index is 0.463. The van der Waals surface area contributed by atoms with Gasteiger partial charge in [0.25, 0.3) is 0 Å². The Morgan fingerprint density at radius 3 is 2.00 bits per heavy atom. The van der Waals surface area contributed by atoms with Crippen LogP contribution in [0.1, 0.15) is 53.9 Å². The van der Waals surface area contributed by atoms with Crippen LogP contribution in [-0.2, 0) is 0 Å². The summed E-state index contributed by atoms with van der Waals surface area (Å²) in [6, 6.07) is 0. The van der Waals surface area contributed by atoms with Gasteiger partial charge in [-0.1, -0.05) is 47.5 Å². The molecule has 0 N–H and O–H groups in total. The Kier molecular flexibility index (Phi) is 4.89. The predicted molar refractivity (Wildman–Crippen MR) is 57.0 cm³/mol. The van der Waals surface area contributed by atoms with Crippen molar-refractivity contribution in [2.24, 2.45) is 17.3 Å². The highest BCUT2D eigenvalue weighted by atomic mass is 14.3. The summed E-state index contributed by atoms with van der Waals surface area (Å²) in [6.07, 6.45) is 3.92. The number of hydrogen-bond donors (Lipinski definition) is 0. The van der Waals surface area contributed by atoms with Crippen molar-refractivity contribution < 1.29 is 0 Å². The molecule has 12 heavy (non-hydrogen) atoms. The summed E-state index contributed by atoms with van der Waals surface area (Å²) in [6.45, 7) is 15.6. The van der Waals surface area contributed by atoms with Crippen molar-refractivity contribution >= 4 is 0 Å². The van der Waals surface area contributed by atoms with Crippen molar-refractivity contribution in [3.8, 4) is 0 Å². The van der Waals surface area contributed by atoms with Crippen LogP contribution in [0.4, 0.5) is 0 Å². The van der Waals surface area contributed by atoms with Gasteiger partial charge < -0.3 is 0 Å². The van der Waals surface area contributed by atoms with Gasteiger partial charge in [0.2, 0.25) is 0 Å². The molecule has 0 heteroatoms. The molecule has 0 aliphatic heterocycles. The standard InChI is InChI=1S/C12H25/c1-7-12(6,11(4)5)9-8-10(2)3/h10-11H,4,7-9H2,1-3,5-6H3. The van der Waals surface area contributed by atoms with E-state index >= 15 is 0 Å². The fourth-order valence-electron chi connectivity index (χ4n) is 1.39. The highest BCUT2D eigenvalue weighted by Gasteiger charge is 2.25. The molecule has 0 fully saturated rings. The van der Waals surface area contributed by atoms with Crippen LogP contribution in [0.15, 0.2) is 0 Å². The summed E-state index contributed by atoms with van der Waals surface area (Å²) in [4.78, 5) is 0. The quantitative estimate of drug-likeness (QED) is 0.575. The molecular weight excluding hydrogens is 144 g/mol. The summed E-state index contributed by atoms with van der Waals surface area (Å²) in [5.41, 5.74) is 0.463. The van der Waals surface area contributed by atoms with Crippen LogP contribution in [0.3, 0.4) is 0 Å². The molecule has 0 saturated heterocycles. The van der Waals surface area contributed by atoms with Crippen molar-refractivity contribution in [1.29, 1.82) is 0 Å². The molecule has 2 unspecified atom stereocenters. The maximum atomic E-state index is 4.16. The van der Waals surface area contributed by atoms with E-state index in [-0.39, 0.29) is 0 Å². The van der Waals surface area contributed by atoms with Gasteiger partial charge in [-0.2, -0.15) is 0 Å². The van der Waals surface area contributed by atoms with Gasteiger partial charge in [0.1, 0.15) is 0 Å². The minimum absolute atomic E-state index is 0.463. The van der Waals surface area contributed by atoms with Crippen LogP contribution in [0.5, 0.6) is 0 Å². The average molecular weight is 169 g/mol. The van der Waals surface area contributed by atoms with Crippen molar-refractivity contribution in [2.75, 3.05) is 0 Å². The fraction of sp³-hybridized carbons (Fsp3) is 0.917. The van der Waals surface area contributed by atoms with Gasteiger partial charge >= 0.3 is 0 Å². The first-order valence-corrected chi connectivity index (χ1v) is 5.25. The molecule has 0 amide bonds. The van der Waals surface area contributed by atoms with Crippen molar-refractivity contribution in [3.05, 3.63) is 6.92 Å². The smallest absolute Gasteiger partial charge is 0.0303 e. The number of rotatable bonds is 5. The molecule has 0 rings (SSSR count). The van der Waals surface area contributed by atoms with Gasteiger partial charge in [0.05, 0.1) is 0 Å². The van der Waals surface area contributed by atoms with Crippen LogP contribution >= 0.6 is 0 Å². The Bertz CT molecular complexity index is 113. The van der Waals surface area contributed by atoms with E-state index in [1.165, 1.54) is 19.3 Å². The summed E-state index contributed by atoms with van der Waals surface area (Å²) in [5, 5.41) is 0. The topological polar surface area (TPSA) is 0 Å². The van der Waals surface area contributed by atoms with Gasteiger partial charge in [0.15, 0.2) is 0 Å². The van der Waals surface area contributed by atoms with Crippen molar-refractivity contribution in [2.45, 2.75) is 53.9 Å². The van der Waals surface area contributed by atoms with Gasteiger partial charge in [-0.25, -0.2) is 0 Å². The third-order valence-corrected chi connectivity index (χ3v) is 3.29. The second-order valence-electron chi connectivity index (χ2n) is 4.84. The van der Waals surface area contributed by atoms with E-state index in [1.54, 1.807) is 0 Å². The molecule has 0 aromatic rings. The Morgan fingerprint density at radius 2 is 1.75 bits per heavy atom. The van der Waals surface area contributed by atoms with E-state index < -0.39 is 0 Å². The summed E-state index contributed by atoms with van der Waals surface area (Å²) in [5.74, 6) is 1.40. The highest BCUT2D eigenvalue weighted by Crippen LogP contribution is 2.36. The normalized spacial score (nSPS) is 17.0. The maximum Gasteiger partial charge on any atom is -0.0303 e. The zero-order valence-corrected chi connectivity index (χ0v) is 9.48. The molecule has 0 aliphatic carbocycles. The van der Waals surface area contributed by atoms with E-state index in [0.29, 0.717) is 11.3 Å². The van der Waals surface area contributed by atoms with Gasteiger partial charge in [-0.05, 0) is 30.6 Å².